The Bertz CT molecular complexity index is 463. The van der Waals surface area contributed by atoms with Crippen molar-refractivity contribution in [1.29, 1.82) is 0 Å². The van der Waals surface area contributed by atoms with Crippen LogP contribution in [0.25, 0.3) is 0 Å². The minimum Gasteiger partial charge on any atom is -0.317 e. The second kappa shape index (κ2) is 6.22. The molecule has 1 aliphatic carbocycles. The molecule has 110 valence electrons. The molecule has 0 spiro atoms. The van der Waals surface area contributed by atoms with E-state index < -0.39 is 0 Å². The first kappa shape index (κ1) is 14.0. The summed E-state index contributed by atoms with van der Waals surface area (Å²) in [7, 11) is 0. The smallest absolute Gasteiger partial charge is 0.226 e. The van der Waals surface area contributed by atoms with Crippen LogP contribution in [0, 0.1) is 11.8 Å². The predicted molar refractivity (Wildman–Crippen MR) is 82.1 cm³/mol. The van der Waals surface area contributed by atoms with Gasteiger partial charge in [0.1, 0.15) is 0 Å². The van der Waals surface area contributed by atoms with Gasteiger partial charge in [0.2, 0.25) is 5.91 Å². The molecule has 5 heteroatoms. The summed E-state index contributed by atoms with van der Waals surface area (Å²) in [5.74, 6) is 1.92. The van der Waals surface area contributed by atoms with Gasteiger partial charge in [-0.15, -0.1) is 11.3 Å². The summed E-state index contributed by atoms with van der Waals surface area (Å²) in [5, 5.41) is 9.20. The van der Waals surface area contributed by atoms with Gasteiger partial charge in [-0.1, -0.05) is 6.92 Å². The zero-order chi connectivity index (χ0) is 13.9. The number of thiazole rings is 1. The number of amides is 1. The average Bonchev–Trinajstić information content (AvgIpc) is 3.20. The molecule has 1 saturated heterocycles. The molecule has 1 aromatic rings. The number of anilines is 1. The Labute approximate surface area is 124 Å². The lowest BCUT2D eigenvalue weighted by Crippen LogP contribution is -2.32. The first-order valence-corrected chi connectivity index (χ1v) is 8.56. The normalized spacial score (nSPS) is 21.6. The molecule has 4 nitrogen and oxygen atoms in total. The SMILES string of the molecule is CC(CC(=O)Nc1nc(C2CC2)cs1)C1CCNCC1. The van der Waals surface area contributed by atoms with Gasteiger partial charge in [-0.2, -0.15) is 0 Å². The lowest BCUT2D eigenvalue weighted by Gasteiger charge is -2.27. The topological polar surface area (TPSA) is 54.0 Å². The fourth-order valence-corrected chi connectivity index (χ4v) is 3.76. The van der Waals surface area contributed by atoms with E-state index in [1.54, 1.807) is 11.3 Å². The van der Waals surface area contributed by atoms with Crippen molar-refractivity contribution < 1.29 is 4.79 Å². The molecule has 1 amide bonds. The number of carbonyl (C=O) groups excluding carboxylic acids is 1. The van der Waals surface area contributed by atoms with Crippen LogP contribution in [0.2, 0.25) is 0 Å². The van der Waals surface area contributed by atoms with Crippen LogP contribution in [-0.2, 0) is 4.79 Å². The molecule has 3 rings (SSSR count). The summed E-state index contributed by atoms with van der Waals surface area (Å²) in [4.78, 5) is 16.6. The van der Waals surface area contributed by atoms with Crippen LogP contribution < -0.4 is 10.6 Å². The predicted octanol–water partition coefficient (Wildman–Crippen LogP) is 2.98. The fourth-order valence-electron chi connectivity index (χ4n) is 2.95. The maximum atomic E-state index is 12.1. The highest BCUT2D eigenvalue weighted by atomic mass is 32.1. The van der Waals surface area contributed by atoms with Gasteiger partial charge >= 0.3 is 0 Å². The molecule has 1 unspecified atom stereocenters. The number of piperidine rings is 1. The number of aromatic nitrogens is 1. The minimum absolute atomic E-state index is 0.118. The van der Waals surface area contributed by atoms with E-state index in [-0.39, 0.29) is 5.91 Å². The number of hydrogen-bond acceptors (Lipinski definition) is 4. The zero-order valence-electron chi connectivity index (χ0n) is 12.0. The van der Waals surface area contributed by atoms with Crippen molar-refractivity contribution >= 4 is 22.4 Å². The highest BCUT2D eigenvalue weighted by molar-refractivity contribution is 7.13. The first-order valence-electron chi connectivity index (χ1n) is 7.68. The summed E-state index contributed by atoms with van der Waals surface area (Å²) < 4.78 is 0. The van der Waals surface area contributed by atoms with Crippen molar-refractivity contribution in [2.45, 2.75) is 44.9 Å². The van der Waals surface area contributed by atoms with E-state index in [2.05, 4.69) is 27.9 Å². The van der Waals surface area contributed by atoms with Gasteiger partial charge in [-0.05, 0) is 50.6 Å². The second-order valence-corrected chi connectivity index (χ2v) is 7.03. The summed E-state index contributed by atoms with van der Waals surface area (Å²) in [5.41, 5.74) is 1.16. The quantitative estimate of drug-likeness (QED) is 0.877. The van der Waals surface area contributed by atoms with Gasteiger partial charge < -0.3 is 10.6 Å². The Morgan fingerprint density at radius 1 is 1.45 bits per heavy atom. The van der Waals surface area contributed by atoms with Gasteiger partial charge in [0.15, 0.2) is 5.13 Å². The van der Waals surface area contributed by atoms with Crippen LogP contribution in [-0.4, -0.2) is 24.0 Å². The van der Waals surface area contributed by atoms with Gasteiger partial charge in [0.25, 0.3) is 0 Å². The van der Waals surface area contributed by atoms with Crippen LogP contribution in [0.3, 0.4) is 0 Å². The van der Waals surface area contributed by atoms with Crippen molar-refractivity contribution in [3.63, 3.8) is 0 Å². The monoisotopic (exact) mass is 293 g/mol. The molecule has 20 heavy (non-hydrogen) atoms. The number of nitrogens with one attached hydrogen (secondary N) is 2. The van der Waals surface area contributed by atoms with Crippen LogP contribution >= 0.6 is 11.3 Å². The van der Waals surface area contributed by atoms with Gasteiger partial charge in [-0.3, -0.25) is 4.79 Å². The third kappa shape index (κ3) is 3.58. The van der Waals surface area contributed by atoms with E-state index in [9.17, 15) is 4.79 Å². The highest BCUT2D eigenvalue weighted by Crippen LogP contribution is 2.40. The van der Waals surface area contributed by atoms with Gasteiger partial charge in [0, 0.05) is 17.7 Å². The number of carbonyl (C=O) groups is 1. The van der Waals surface area contributed by atoms with Crippen LogP contribution in [0.1, 0.15) is 50.6 Å². The van der Waals surface area contributed by atoms with Crippen LogP contribution in [0.15, 0.2) is 5.38 Å². The largest absolute Gasteiger partial charge is 0.317 e. The average molecular weight is 293 g/mol. The Balaban J connectivity index is 1.47. The molecule has 0 bridgehead atoms. The first-order chi connectivity index (χ1) is 9.72. The number of hydrogen-bond donors (Lipinski definition) is 2. The molecule has 1 saturated carbocycles. The van der Waals surface area contributed by atoms with E-state index in [0.29, 0.717) is 24.2 Å². The van der Waals surface area contributed by atoms with Crippen molar-refractivity contribution in [3.8, 4) is 0 Å². The van der Waals surface area contributed by atoms with Gasteiger partial charge in [-0.25, -0.2) is 4.98 Å². The molecule has 0 radical (unpaired) electrons. The van der Waals surface area contributed by atoms with Crippen LogP contribution in [0.4, 0.5) is 5.13 Å². The molecule has 2 fully saturated rings. The molecular weight excluding hydrogens is 270 g/mol. The Morgan fingerprint density at radius 3 is 2.90 bits per heavy atom. The third-order valence-corrected chi connectivity index (χ3v) is 5.24. The van der Waals surface area contributed by atoms with E-state index >= 15 is 0 Å². The Hall–Kier alpha value is -0.940. The van der Waals surface area contributed by atoms with Crippen molar-refractivity contribution in [3.05, 3.63) is 11.1 Å². The summed E-state index contributed by atoms with van der Waals surface area (Å²) in [6, 6.07) is 0. The lowest BCUT2D eigenvalue weighted by atomic mass is 9.84. The minimum atomic E-state index is 0.118. The summed E-state index contributed by atoms with van der Waals surface area (Å²) in [6.45, 7) is 4.38. The maximum Gasteiger partial charge on any atom is 0.226 e. The van der Waals surface area contributed by atoms with Crippen molar-refractivity contribution in [1.82, 2.24) is 10.3 Å². The van der Waals surface area contributed by atoms with Gasteiger partial charge in [0.05, 0.1) is 5.69 Å². The van der Waals surface area contributed by atoms with E-state index in [1.807, 2.05) is 0 Å². The highest BCUT2D eigenvalue weighted by Gasteiger charge is 2.26. The maximum absolute atomic E-state index is 12.1. The van der Waals surface area contributed by atoms with E-state index in [0.717, 1.165) is 23.9 Å². The molecule has 1 aromatic heterocycles. The van der Waals surface area contributed by atoms with Crippen molar-refractivity contribution in [2.75, 3.05) is 18.4 Å². The molecular formula is C15H23N3OS. The summed E-state index contributed by atoms with van der Waals surface area (Å²) in [6.07, 6.45) is 5.51. The molecule has 2 heterocycles. The van der Waals surface area contributed by atoms with Crippen LogP contribution in [0.5, 0.6) is 0 Å². The second-order valence-electron chi connectivity index (χ2n) is 6.17. The summed E-state index contributed by atoms with van der Waals surface area (Å²) >= 11 is 1.56. The fraction of sp³-hybridized carbons (Fsp3) is 0.733. The molecule has 1 atom stereocenters. The molecule has 2 N–H and O–H groups in total. The molecule has 2 aliphatic rings. The standard InChI is InChI=1S/C15H23N3OS/c1-10(11-4-6-16-7-5-11)8-14(19)18-15-17-13(9-20-15)12-2-3-12/h9-12,16H,2-8H2,1H3,(H,17,18,19). The molecule has 1 aliphatic heterocycles. The van der Waals surface area contributed by atoms with Crippen molar-refractivity contribution in [2.24, 2.45) is 11.8 Å². The zero-order valence-corrected chi connectivity index (χ0v) is 12.8. The number of rotatable bonds is 5. The Kier molecular flexibility index (Phi) is 4.36. The lowest BCUT2D eigenvalue weighted by molar-refractivity contribution is -0.117. The Morgan fingerprint density at radius 2 is 2.20 bits per heavy atom. The van der Waals surface area contributed by atoms with E-state index in [1.165, 1.54) is 25.7 Å². The molecule has 0 aromatic carbocycles. The number of nitrogens with zero attached hydrogens (tertiary/aromatic N) is 1. The van der Waals surface area contributed by atoms with E-state index in [4.69, 9.17) is 0 Å². The third-order valence-electron chi connectivity index (χ3n) is 4.46.